The first-order chi connectivity index (χ1) is 9.20. The Morgan fingerprint density at radius 1 is 1.11 bits per heavy atom. The van der Waals surface area contributed by atoms with Gasteiger partial charge in [-0.1, -0.05) is 12.1 Å². The van der Waals surface area contributed by atoms with Gasteiger partial charge in [0.1, 0.15) is 12.0 Å². The Bertz CT molecular complexity index is 726. The van der Waals surface area contributed by atoms with Gasteiger partial charge in [0, 0.05) is 6.54 Å². The van der Waals surface area contributed by atoms with E-state index in [9.17, 15) is 8.78 Å². The van der Waals surface area contributed by atoms with Crippen molar-refractivity contribution < 1.29 is 8.78 Å². The van der Waals surface area contributed by atoms with E-state index >= 15 is 0 Å². The minimum atomic E-state index is -0.649. The molecule has 3 aromatic rings. The second kappa shape index (κ2) is 4.44. The van der Waals surface area contributed by atoms with Crippen molar-refractivity contribution in [1.82, 2.24) is 9.55 Å². The zero-order valence-electron chi connectivity index (χ0n) is 9.98. The fourth-order valence-corrected chi connectivity index (χ4v) is 2.10. The highest BCUT2D eigenvalue weighted by atomic mass is 19.1. The maximum atomic E-state index is 14.0. The van der Waals surface area contributed by atoms with Gasteiger partial charge in [-0.25, -0.2) is 13.8 Å². The SMILES string of the molecule is NCc1cc(F)c(-n2cnc3ccccc32)c(F)c1. The number of para-hydroxylation sites is 2. The monoisotopic (exact) mass is 259 g/mol. The lowest BCUT2D eigenvalue weighted by molar-refractivity contribution is 0.567. The molecule has 0 aliphatic carbocycles. The smallest absolute Gasteiger partial charge is 0.150 e. The molecule has 0 unspecified atom stereocenters. The van der Waals surface area contributed by atoms with Gasteiger partial charge in [-0.05, 0) is 29.8 Å². The Balaban J connectivity index is 2.27. The number of aromatic nitrogens is 2. The highest BCUT2D eigenvalue weighted by Gasteiger charge is 2.15. The van der Waals surface area contributed by atoms with Crippen LogP contribution < -0.4 is 5.73 Å². The van der Waals surface area contributed by atoms with Gasteiger partial charge in [0.15, 0.2) is 11.6 Å². The van der Waals surface area contributed by atoms with E-state index in [2.05, 4.69) is 4.98 Å². The molecule has 0 bridgehead atoms. The molecule has 19 heavy (non-hydrogen) atoms. The third-order valence-corrected chi connectivity index (χ3v) is 3.01. The lowest BCUT2D eigenvalue weighted by atomic mass is 10.2. The van der Waals surface area contributed by atoms with Gasteiger partial charge in [0.05, 0.1) is 11.0 Å². The number of benzene rings is 2. The Hall–Kier alpha value is -2.27. The number of hydrogen-bond donors (Lipinski definition) is 1. The maximum absolute atomic E-state index is 14.0. The molecule has 1 heterocycles. The summed E-state index contributed by atoms with van der Waals surface area (Å²) in [6, 6.07) is 9.66. The van der Waals surface area contributed by atoms with Crippen LogP contribution in [0.15, 0.2) is 42.7 Å². The van der Waals surface area contributed by atoms with Crippen LogP contribution in [0.4, 0.5) is 8.78 Å². The van der Waals surface area contributed by atoms with Gasteiger partial charge in [-0.15, -0.1) is 0 Å². The van der Waals surface area contributed by atoms with Crippen molar-refractivity contribution >= 4 is 11.0 Å². The normalized spacial score (nSPS) is 11.1. The minimum Gasteiger partial charge on any atom is -0.326 e. The molecule has 2 aromatic carbocycles. The lowest BCUT2D eigenvalue weighted by Gasteiger charge is -2.09. The van der Waals surface area contributed by atoms with E-state index in [1.165, 1.54) is 23.0 Å². The molecule has 0 atom stereocenters. The number of hydrogen-bond acceptors (Lipinski definition) is 2. The van der Waals surface area contributed by atoms with Crippen LogP contribution in [0.5, 0.6) is 0 Å². The van der Waals surface area contributed by atoms with Crippen LogP contribution in [-0.2, 0) is 6.54 Å². The third-order valence-electron chi connectivity index (χ3n) is 3.01. The quantitative estimate of drug-likeness (QED) is 0.769. The highest BCUT2D eigenvalue weighted by molar-refractivity contribution is 5.77. The van der Waals surface area contributed by atoms with E-state index < -0.39 is 11.6 Å². The summed E-state index contributed by atoms with van der Waals surface area (Å²) in [4.78, 5) is 4.12. The first kappa shape index (κ1) is 11.8. The Morgan fingerprint density at radius 3 is 2.47 bits per heavy atom. The lowest BCUT2D eigenvalue weighted by Crippen LogP contribution is -2.04. The standard InChI is InChI=1S/C14H11F2N3/c15-10-5-9(7-17)6-11(16)14(10)19-8-18-12-3-1-2-4-13(12)19/h1-6,8H,7,17H2. The number of nitrogens with zero attached hydrogens (tertiary/aromatic N) is 2. The number of imidazole rings is 1. The number of halogens is 2. The second-order valence-corrected chi connectivity index (χ2v) is 4.22. The van der Waals surface area contributed by atoms with E-state index in [0.717, 1.165) is 0 Å². The molecule has 0 fully saturated rings. The van der Waals surface area contributed by atoms with Gasteiger partial charge in [-0.2, -0.15) is 0 Å². The topological polar surface area (TPSA) is 43.8 Å². The van der Waals surface area contributed by atoms with Gasteiger partial charge >= 0.3 is 0 Å². The summed E-state index contributed by atoms with van der Waals surface area (Å²) in [6.07, 6.45) is 1.41. The fraction of sp³-hybridized carbons (Fsp3) is 0.0714. The zero-order valence-corrected chi connectivity index (χ0v) is 9.98. The summed E-state index contributed by atoms with van der Waals surface area (Å²) in [5, 5.41) is 0. The van der Waals surface area contributed by atoms with Crippen molar-refractivity contribution in [2.45, 2.75) is 6.54 Å². The van der Waals surface area contributed by atoms with Crippen LogP contribution in [0, 0.1) is 11.6 Å². The van der Waals surface area contributed by atoms with Gasteiger partial charge in [0.25, 0.3) is 0 Å². The second-order valence-electron chi connectivity index (χ2n) is 4.22. The largest absolute Gasteiger partial charge is 0.326 e. The summed E-state index contributed by atoms with van der Waals surface area (Å²) < 4.78 is 29.5. The van der Waals surface area contributed by atoms with E-state index in [0.29, 0.717) is 16.6 Å². The van der Waals surface area contributed by atoms with Crippen LogP contribution in [0.2, 0.25) is 0 Å². The van der Waals surface area contributed by atoms with E-state index in [1.54, 1.807) is 18.2 Å². The average molecular weight is 259 g/mol. The van der Waals surface area contributed by atoms with Crippen LogP contribution in [-0.4, -0.2) is 9.55 Å². The van der Waals surface area contributed by atoms with Crippen LogP contribution in [0.3, 0.4) is 0 Å². The van der Waals surface area contributed by atoms with E-state index in [1.807, 2.05) is 6.07 Å². The van der Waals surface area contributed by atoms with Crippen molar-refractivity contribution in [2.24, 2.45) is 5.73 Å². The Labute approximate surface area is 108 Å². The number of nitrogens with two attached hydrogens (primary N) is 1. The predicted molar refractivity (Wildman–Crippen MR) is 68.9 cm³/mol. The van der Waals surface area contributed by atoms with Crippen molar-refractivity contribution in [3.63, 3.8) is 0 Å². The van der Waals surface area contributed by atoms with Gasteiger partial charge in [-0.3, -0.25) is 4.57 Å². The van der Waals surface area contributed by atoms with Crippen molar-refractivity contribution in [1.29, 1.82) is 0 Å². The Morgan fingerprint density at radius 2 is 1.79 bits per heavy atom. The van der Waals surface area contributed by atoms with Crippen molar-refractivity contribution in [3.05, 3.63) is 59.9 Å². The molecule has 0 saturated heterocycles. The molecule has 0 saturated carbocycles. The van der Waals surface area contributed by atoms with Gasteiger partial charge in [0.2, 0.25) is 0 Å². The number of rotatable bonds is 2. The fourth-order valence-electron chi connectivity index (χ4n) is 2.10. The van der Waals surface area contributed by atoms with Crippen molar-refractivity contribution in [2.75, 3.05) is 0 Å². The van der Waals surface area contributed by atoms with Gasteiger partial charge < -0.3 is 5.73 Å². The molecule has 0 spiro atoms. The maximum Gasteiger partial charge on any atom is 0.150 e. The average Bonchev–Trinajstić information content (AvgIpc) is 2.82. The Kier molecular flexibility index (Phi) is 2.76. The number of fused-ring (bicyclic) bond motifs is 1. The molecule has 2 N–H and O–H groups in total. The molecule has 0 amide bonds. The first-order valence-electron chi connectivity index (χ1n) is 5.81. The molecule has 5 heteroatoms. The molecule has 3 rings (SSSR count). The zero-order chi connectivity index (χ0) is 13.4. The highest BCUT2D eigenvalue weighted by Crippen LogP contribution is 2.24. The molecular weight excluding hydrogens is 248 g/mol. The minimum absolute atomic E-state index is 0.0960. The summed E-state index contributed by atoms with van der Waals surface area (Å²) in [5.74, 6) is -1.30. The molecular formula is C14H11F2N3. The first-order valence-corrected chi connectivity index (χ1v) is 5.81. The van der Waals surface area contributed by atoms with Crippen molar-refractivity contribution in [3.8, 4) is 5.69 Å². The molecule has 3 nitrogen and oxygen atoms in total. The molecule has 0 aliphatic heterocycles. The van der Waals surface area contributed by atoms with Crippen LogP contribution in [0.25, 0.3) is 16.7 Å². The molecule has 0 radical (unpaired) electrons. The molecule has 1 aromatic heterocycles. The third kappa shape index (κ3) is 1.88. The molecule has 96 valence electrons. The summed E-state index contributed by atoms with van der Waals surface area (Å²) in [6.45, 7) is 0.0960. The van der Waals surface area contributed by atoms with Crippen LogP contribution in [0.1, 0.15) is 5.56 Å². The summed E-state index contributed by atoms with van der Waals surface area (Å²) >= 11 is 0. The van der Waals surface area contributed by atoms with Crippen LogP contribution >= 0.6 is 0 Å². The summed E-state index contributed by atoms with van der Waals surface area (Å²) in [5.41, 5.74) is 7.02. The van der Waals surface area contributed by atoms with E-state index in [-0.39, 0.29) is 12.2 Å². The summed E-state index contributed by atoms with van der Waals surface area (Å²) in [7, 11) is 0. The molecule has 0 aliphatic rings. The predicted octanol–water partition coefficient (Wildman–Crippen LogP) is 2.76. The van der Waals surface area contributed by atoms with E-state index in [4.69, 9.17) is 5.73 Å².